The summed E-state index contributed by atoms with van der Waals surface area (Å²) in [5, 5.41) is 12.1. The molecule has 136 valence electrons. The van der Waals surface area contributed by atoms with E-state index in [1.807, 2.05) is 12.1 Å². The number of aromatic nitrogens is 1. The minimum absolute atomic E-state index is 0.170. The molecule has 1 aromatic heterocycles. The van der Waals surface area contributed by atoms with Gasteiger partial charge in [0, 0.05) is 18.8 Å². The molecule has 2 N–H and O–H groups in total. The number of pyridine rings is 1. The first-order chi connectivity index (χ1) is 12.1. The Hall–Kier alpha value is -2.11. The molecule has 2 saturated carbocycles. The highest BCUT2D eigenvalue weighted by Gasteiger charge is 2.37. The molecule has 25 heavy (non-hydrogen) atoms. The van der Waals surface area contributed by atoms with Gasteiger partial charge >= 0.3 is 5.97 Å². The summed E-state index contributed by atoms with van der Waals surface area (Å²) in [6.07, 6.45) is 9.77. The van der Waals surface area contributed by atoms with E-state index in [0.29, 0.717) is 25.3 Å². The Labute approximate surface area is 148 Å². The maximum absolute atomic E-state index is 12.3. The molecule has 1 amide bonds. The minimum Gasteiger partial charge on any atom is -0.481 e. The number of carbonyl (C=O) groups excluding carboxylic acids is 1. The van der Waals surface area contributed by atoms with Crippen molar-refractivity contribution in [3.05, 3.63) is 23.9 Å². The Bertz CT molecular complexity index is 613. The minimum atomic E-state index is -0.871. The van der Waals surface area contributed by atoms with Crippen LogP contribution in [0.4, 0.5) is 0 Å². The van der Waals surface area contributed by atoms with Crippen molar-refractivity contribution in [2.24, 2.45) is 11.8 Å². The van der Waals surface area contributed by atoms with Gasteiger partial charge < -0.3 is 15.2 Å². The van der Waals surface area contributed by atoms with Crippen molar-refractivity contribution in [3.63, 3.8) is 0 Å². The van der Waals surface area contributed by atoms with E-state index in [2.05, 4.69) is 10.3 Å². The molecule has 3 rings (SSSR count). The highest BCUT2D eigenvalue weighted by molar-refractivity contribution is 5.85. The van der Waals surface area contributed by atoms with Crippen LogP contribution in [-0.4, -0.2) is 28.1 Å². The van der Waals surface area contributed by atoms with Gasteiger partial charge in [-0.3, -0.25) is 9.59 Å². The molecule has 1 heterocycles. The van der Waals surface area contributed by atoms with Crippen molar-refractivity contribution in [3.8, 4) is 5.88 Å². The third kappa shape index (κ3) is 4.71. The molecular formula is C19H26N2O4. The maximum atomic E-state index is 12.3. The van der Waals surface area contributed by atoms with Gasteiger partial charge in [0.15, 0.2) is 0 Å². The van der Waals surface area contributed by atoms with Gasteiger partial charge in [0.1, 0.15) is 6.10 Å². The Morgan fingerprint density at radius 1 is 1.12 bits per heavy atom. The van der Waals surface area contributed by atoms with Gasteiger partial charge in [-0.25, -0.2) is 4.98 Å². The zero-order valence-electron chi connectivity index (χ0n) is 14.4. The summed E-state index contributed by atoms with van der Waals surface area (Å²) in [7, 11) is 0. The number of nitrogens with one attached hydrogen (secondary N) is 1. The van der Waals surface area contributed by atoms with Crippen molar-refractivity contribution >= 4 is 11.9 Å². The van der Waals surface area contributed by atoms with Crippen LogP contribution in [0.25, 0.3) is 0 Å². The normalized spacial score (nSPS) is 24.0. The van der Waals surface area contributed by atoms with Gasteiger partial charge in [0.2, 0.25) is 11.8 Å². The first-order valence-corrected chi connectivity index (χ1v) is 9.25. The van der Waals surface area contributed by atoms with E-state index in [1.54, 1.807) is 6.20 Å². The largest absolute Gasteiger partial charge is 0.481 e. The lowest BCUT2D eigenvalue weighted by Crippen LogP contribution is -2.34. The van der Waals surface area contributed by atoms with Crippen LogP contribution in [0.15, 0.2) is 18.3 Å². The quantitative estimate of drug-likeness (QED) is 0.827. The van der Waals surface area contributed by atoms with Crippen LogP contribution in [0.2, 0.25) is 0 Å². The number of hydrogen-bond acceptors (Lipinski definition) is 4. The smallest absolute Gasteiger partial charge is 0.307 e. The van der Waals surface area contributed by atoms with Gasteiger partial charge in [-0.05, 0) is 50.2 Å². The number of hydrogen-bond donors (Lipinski definition) is 2. The molecule has 0 aromatic carbocycles. The molecule has 0 unspecified atom stereocenters. The lowest BCUT2D eigenvalue weighted by Gasteiger charge is -2.22. The summed E-state index contributed by atoms with van der Waals surface area (Å²) in [4.78, 5) is 27.8. The van der Waals surface area contributed by atoms with Gasteiger partial charge in [-0.1, -0.05) is 12.8 Å². The average Bonchev–Trinajstić information content (AvgIpc) is 3.11. The number of amides is 1. The lowest BCUT2D eigenvalue weighted by molar-refractivity contribution is -0.146. The van der Waals surface area contributed by atoms with Crippen LogP contribution in [0.5, 0.6) is 5.88 Å². The fourth-order valence-corrected chi connectivity index (χ4v) is 3.87. The highest BCUT2D eigenvalue weighted by Crippen LogP contribution is 2.32. The van der Waals surface area contributed by atoms with E-state index in [1.165, 1.54) is 19.3 Å². The molecule has 6 heteroatoms. The van der Waals surface area contributed by atoms with Gasteiger partial charge in [-0.15, -0.1) is 0 Å². The molecule has 2 fully saturated rings. The first kappa shape index (κ1) is 17.7. The van der Waals surface area contributed by atoms with Gasteiger partial charge in [-0.2, -0.15) is 0 Å². The summed E-state index contributed by atoms with van der Waals surface area (Å²) >= 11 is 0. The first-order valence-electron chi connectivity index (χ1n) is 9.25. The Balaban J connectivity index is 1.53. The Morgan fingerprint density at radius 3 is 2.64 bits per heavy atom. The van der Waals surface area contributed by atoms with Crippen LogP contribution in [0.3, 0.4) is 0 Å². The molecule has 0 radical (unpaired) electrons. The number of aliphatic carboxylic acids is 1. The molecular weight excluding hydrogens is 320 g/mol. The molecule has 2 aliphatic rings. The fourth-order valence-electron chi connectivity index (χ4n) is 3.87. The molecule has 1 aromatic rings. The van der Waals surface area contributed by atoms with Crippen molar-refractivity contribution in [1.29, 1.82) is 0 Å². The molecule has 0 bridgehead atoms. The van der Waals surface area contributed by atoms with Crippen LogP contribution >= 0.6 is 0 Å². The second kappa shape index (κ2) is 8.32. The Morgan fingerprint density at radius 2 is 1.88 bits per heavy atom. The average molecular weight is 346 g/mol. The van der Waals surface area contributed by atoms with Gasteiger partial charge in [0.25, 0.3) is 0 Å². The van der Waals surface area contributed by atoms with Gasteiger partial charge in [0.05, 0.1) is 11.8 Å². The van der Waals surface area contributed by atoms with Crippen LogP contribution in [-0.2, 0) is 16.1 Å². The SMILES string of the molecule is O=C(NCc1ccnc(OC2CCCCC2)c1)[C@H]1CCC[C@H]1C(=O)O. The van der Waals surface area contributed by atoms with Crippen molar-refractivity contribution in [2.45, 2.75) is 64.0 Å². The van der Waals surface area contributed by atoms with Crippen molar-refractivity contribution in [1.82, 2.24) is 10.3 Å². The molecule has 2 atom stereocenters. The van der Waals surface area contributed by atoms with E-state index in [9.17, 15) is 14.7 Å². The number of ether oxygens (including phenoxy) is 1. The standard InChI is InChI=1S/C19H26N2O4/c22-18(15-7-4-8-16(15)19(23)24)21-12-13-9-10-20-17(11-13)25-14-5-2-1-3-6-14/h9-11,14-16H,1-8,12H2,(H,21,22)(H,23,24)/t15-,16+/m0/s1. The number of nitrogens with zero attached hydrogens (tertiary/aromatic N) is 1. The van der Waals surface area contributed by atoms with E-state index >= 15 is 0 Å². The van der Waals surface area contributed by atoms with E-state index in [-0.39, 0.29) is 12.0 Å². The summed E-state index contributed by atoms with van der Waals surface area (Å²) in [5.74, 6) is -1.41. The van der Waals surface area contributed by atoms with Crippen LogP contribution < -0.4 is 10.1 Å². The van der Waals surface area contributed by atoms with Crippen LogP contribution in [0, 0.1) is 11.8 Å². The molecule has 2 aliphatic carbocycles. The van der Waals surface area contributed by atoms with Crippen molar-refractivity contribution in [2.75, 3.05) is 0 Å². The maximum Gasteiger partial charge on any atom is 0.307 e. The molecule has 0 saturated heterocycles. The third-order valence-corrected chi connectivity index (χ3v) is 5.28. The second-order valence-electron chi connectivity index (χ2n) is 7.08. The van der Waals surface area contributed by atoms with Crippen molar-refractivity contribution < 1.29 is 19.4 Å². The summed E-state index contributed by atoms with van der Waals surface area (Å²) in [6.45, 7) is 0.366. The number of carboxylic acid groups (broad SMARTS) is 1. The van der Waals surface area contributed by atoms with Crippen LogP contribution in [0.1, 0.15) is 56.9 Å². The zero-order valence-corrected chi connectivity index (χ0v) is 14.4. The Kier molecular flexibility index (Phi) is 5.89. The topological polar surface area (TPSA) is 88.5 Å². The molecule has 0 aliphatic heterocycles. The molecule has 0 spiro atoms. The second-order valence-corrected chi connectivity index (χ2v) is 7.08. The van der Waals surface area contributed by atoms with E-state index < -0.39 is 17.8 Å². The zero-order chi connectivity index (χ0) is 17.6. The molecule has 6 nitrogen and oxygen atoms in total. The highest BCUT2D eigenvalue weighted by atomic mass is 16.5. The summed E-state index contributed by atoms with van der Waals surface area (Å²) < 4.78 is 5.95. The predicted molar refractivity (Wildman–Crippen MR) is 92.1 cm³/mol. The predicted octanol–water partition coefficient (Wildman–Crippen LogP) is 2.91. The summed E-state index contributed by atoms with van der Waals surface area (Å²) in [6, 6.07) is 3.70. The monoisotopic (exact) mass is 346 g/mol. The fraction of sp³-hybridized carbons (Fsp3) is 0.632. The third-order valence-electron chi connectivity index (χ3n) is 5.28. The number of carboxylic acids is 1. The number of rotatable bonds is 6. The lowest BCUT2D eigenvalue weighted by atomic mass is 9.95. The van der Waals surface area contributed by atoms with E-state index in [4.69, 9.17) is 4.74 Å². The number of carbonyl (C=O) groups is 2. The van der Waals surface area contributed by atoms with E-state index in [0.717, 1.165) is 24.8 Å². The summed E-state index contributed by atoms with van der Waals surface area (Å²) in [5.41, 5.74) is 0.916.